The average molecular weight is 453 g/mol. The largest absolute Gasteiger partial charge is 0.505 e. The third kappa shape index (κ3) is 4.36. The molecule has 0 radical (unpaired) electrons. The molecule has 4 rings (SSSR count). The third-order valence-corrected chi connectivity index (χ3v) is 5.95. The number of benzene rings is 1. The van der Waals surface area contributed by atoms with Crippen LogP contribution >= 0.6 is 0 Å². The summed E-state index contributed by atoms with van der Waals surface area (Å²) in [5, 5.41) is 16.7. The second kappa shape index (κ2) is 9.11. The summed E-state index contributed by atoms with van der Waals surface area (Å²) >= 11 is 0. The number of hydrogen-bond donors (Lipinski definition) is 3. The molecule has 174 valence electrons. The van der Waals surface area contributed by atoms with Gasteiger partial charge in [-0.3, -0.25) is 14.4 Å². The lowest BCUT2D eigenvalue weighted by atomic mass is 9.89. The van der Waals surface area contributed by atoms with E-state index in [9.17, 15) is 19.5 Å². The minimum absolute atomic E-state index is 0.0464. The number of rotatable bonds is 7. The monoisotopic (exact) mass is 453 g/mol. The van der Waals surface area contributed by atoms with Crippen LogP contribution in [0, 0.1) is 12.8 Å². The zero-order valence-corrected chi connectivity index (χ0v) is 18.8. The van der Waals surface area contributed by atoms with E-state index >= 15 is 0 Å². The van der Waals surface area contributed by atoms with E-state index in [1.54, 1.807) is 20.2 Å². The maximum absolute atomic E-state index is 12.5. The van der Waals surface area contributed by atoms with Gasteiger partial charge in [0.1, 0.15) is 22.9 Å². The Morgan fingerprint density at radius 2 is 1.79 bits per heavy atom. The molecule has 3 N–H and O–H groups in total. The molecule has 1 unspecified atom stereocenters. The lowest BCUT2D eigenvalue weighted by Crippen LogP contribution is -2.39. The van der Waals surface area contributed by atoms with Crippen LogP contribution in [0.5, 0.6) is 5.75 Å². The summed E-state index contributed by atoms with van der Waals surface area (Å²) in [5.74, 6) is 0.903. The summed E-state index contributed by atoms with van der Waals surface area (Å²) in [7, 11) is 3.15. The van der Waals surface area contributed by atoms with Crippen LogP contribution < -0.4 is 21.5 Å². The molecule has 2 aromatic carbocycles. The van der Waals surface area contributed by atoms with E-state index in [2.05, 4.69) is 10.6 Å². The van der Waals surface area contributed by atoms with Crippen molar-refractivity contribution < 1.29 is 19.1 Å². The second-order valence-corrected chi connectivity index (χ2v) is 8.45. The molecule has 1 fully saturated rings. The fourth-order valence-corrected chi connectivity index (χ4v) is 4.09. The zero-order valence-electron chi connectivity index (χ0n) is 18.8. The number of para-hydroxylation sites is 1. The summed E-state index contributed by atoms with van der Waals surface area (Å²) in [6.45, 7) is 3.07. The molecule has 1 amide bonds. The van der Waals surface area contributed by atoms with E-state index in [1.807, 2.05) is 19.1 Å². The highest BCUT2D eigenvalue weighted by molar-refractivity contribution is 5.99. The van der Waals surface area contributed by atoms with Gasteiger partial charge in [-0.1, -0.05) is 6.07 Å². The summed E-state index contributed by atoms with van der Waals surface area (Å²) in [4.78, 5) is 38.5. The van der Waals surface area contributed by atoms with Crippen LogP contribution in [-0.2, 0) is 4.74 Å². The average Bonchev–Trinajstić information content (AvgIpc) is 3.25. The second-order valence-electron chi connectivity index (χ2n) is 8.45. The van der Waals surface area contributed by atoms with Crippen LogP contribution in [-0.4, -0.2) is 43.2 Å². The first-order chi connectivity index (χ1) is 15.8. The third-order valence-electron chi connectivity index (χ3n) is 5.95. The van der Waals surface area contributed by atoms with Crippen LogP contribution in [0.4, 0.5) is 17.1 Å². The van der Waals surface area contributed by atoms with Crippen molar-refractivity contribution in [3.8, 4) is 5.75 Å². The minimum Gasteiger partial charge on any atom is -0.505 e. The van der Waals surface area contributed by atoms with Gasteiger partial charge in [0.15, 0.2) is 5.75 Å². The fourth-order valence-electron chi connectivity index (χ4n) is 4.09. The fraction of sp³-hybridized carbons (Fsp3) is 0.375. The lowest BCUT2D eigenvalue weighted by Gasteiger charge is -2.31. The Kier molecular flexibility index (Phi) is 6.24. The molecule has 1 aromatic heterocycles. The number of carbonyl (C=O) groups is 1. The number of nitrogens with zero attached hydrogens (tertiary/aromatic N) is 1. The molecule has 33 heavy (non-hydrogen) atoms. The van der Waals surface area contributed by atoms with Crippen molar-refractivity contribution in [1.82, 2.24) is 4.90 Å². The Morgan fingerprint density at radius 3 is 2.42 bits per heavy atom. The molecular weight excluding hydrogens is 426 g/mol. The number of aryl methyl sites for hydroxylation is 1. The van der Waals surface area contributed by atoms with Gasteiger partial charge >= 0.3 is 0 Å². The van der Waals surface area contributed by atoms with Crippen molar-refractivity contribution in [2.24, 2.45) is 5.92 Å². The Labute approximate surface area is 190 Å². The number of carbonyl (C=O) groups excluding carboxylic acids is 1. The van der Waals surface area contributed by atoms with Crippen LogP contribution in [0.15, 0.2) is 44.3 Å². The van der Waals surface area contributed by atoms with Gasteiger partial charge < -0.3 is 29.8 Å². The molecule has 9 nitrogen and oxygen atoms in total. The number of phenolic OH excluding ortho intramolecular Hbond substituents is 1. The Hall–Kier alpha value is -3.59. The smallest absolute Gasteiger partial charge is 0.257 e. The highest BCUT2D eigenvalue weighted by Crippen LogP contribution is 2.37. The summed E-state index contributed by atoms with van der Waals surface area (Å²) in [5.41, 5.74) is -0.904. The van der Waals surface area contributed by atoms with Gasteiger partial charge in [-0.2, -0.15) is 0 Å². The highest BCUT2D eigenvalue weighted by Gasteiger charge is 2.32. The van der Waals surface area contributed by atoms with E-state index in [1.165, 1.54) is 17.0 Å². The normalized spacial score (nSPS) is 15.4. The number of furan rings is 1. The molecule has 0 saturated carbocycles. The molecule has 9 heteroatoms. The first kappa shape index (κ1) is 22.6. The predicted octanol–water partition coefficient (Wildman–Crippen LogP) is 2.91. The molecule has 0 aliphatic carbocycles. The number of anilines is 3. The molecule has 0 bridgehead atoms. The summed E-state index contributed by atoms with van der Waals surface area (Å²) < 4.78 is 11.3. The van der Waals surface area contributed by atoms with E-state index < -0.39 is 10.9 Å². The molecule has 0 spiro atoms. The zero-order chi connectivity index (χ0) is 23.7. The van der Waals surface area contributed by atoms with Gasteiger partial charge in [-0.15, -0.1) is 0 Å². The van der Waals surface area contributed by atoms with E-state index in [0.29, 0.717) is 19.0 Å². The minimum atomic E-state index is -0.692. The molecule has 3 aromatic rings. The first-order valence-electron chi connectivity index (χ1n) is 10.8. The van der Waals surface area contributed by atoms with Gasteiger partial charge in [-0.05, 0) is 49.9 Å². The maximum Gasteiger partial charge on any atom is 0.257 e. The SMILES string of the molecule is Cc1ccc(C(Nc2c(Nc3cccc(C(=O)N(C)C)c3O)c(=O)c2=O)C2CCOCC2)o1. The lowest BCUT2D eigenvalue weighted by molar-refractivity contribution is 0.0583. The maximum atomic E-state index is 12.5. The van der Waals surface area contributed by atoms with E-state index in [-0.39, 0.29) is 46.2 Å². The van der Waals surface area contributed by atoms with E-state index in [4.69, 9.17) is 9.15 Å². The van der Waals surface area contributed by atoms with Gasteiger partial charge in [0.05, 0.1) is 17.3 Å². The standard InChI is InChI=1S/C24H27N3O6/c1-13-7-8-17(33-13)18(14-9-11-32-12-10-14)26-20-19(22(29)23(20)30)25-16-6-4-5-15(21(16)28)24(31)27(2)3/h4-8,14,18,25-26,28H,9-12H2,1-3H3. The van der Waals surface area contributed by atoms with Crippen LogP contribution in [0.25, 0.3) is 0 Å². The molecule has 1 saturated heterocycles. The van der Waals surface area contributed by atoms with Gasteiger partial charge in [0.25, 0.3) is 16.8 Å². The Bertz CT molecular complexity index is 1230. The molecule has 1 aliphatic heterocycles. The number of aromatic hydroxyl groups is 1. The van der Waals surface area contributed by atoms with Crippen LogP contribution in [0.2, 0.25) is 0 Å². The molecular formula is C24H27N3O6. The first-order valence-corrected chi connectivity index (χ1v) is 10.8. The van der Waals surface area contributed by atoms with Crippen molar-refractivity contribution in [1.29, 1.82) is 0 Å². The number of amides is 1. The van der Waals surface area contributed by atoms with E-state index in [0.717, 1.165) is 18.6 Å². The Balaban J connectivity index is 1.64. The number of ether oxygens (including phenoxy) is 1. The van der Waals surface area contributed by atoms with Gasteiger partial charge in [0, 0.05) is 27.3 Å². The van der Waals surface area contributed by atoms with Crippen molar-refractivity contribution in [2.45, 2.75) is 25.8 Å². The number of nitrogens with one attached hydrogen (secondary N) is 2. The number of phenols is 1. The summed E-state index contributed by atoms with van der Waals surface area (Å²) in [6.07, 6.45) is 1.57. The topological polar surface area (TPSA) is 121 Å². The number of hydrogen-bond acceptors (Lipinski definition) is 8. The van der Waals surface area contributed by atoms with Crippen molar-refractivity contribution in [3.63, 3.8) is 0 Å². The van der Waals surface area contributed by atoms with Crippen molar-refractivity contribution in [3.05, 3.63) is 67.9 Å². The Morgan fingerprint density at radius 1 is 1.09 bits per heavy atom. The molecule has 2 heterocycles. The highest BCUT2D eigenvalue weighted by atomic mass is 16.5. The summed E-state index contributed by atoms with van der Waals surface area (Å²) in [6, 6.07) is 8.02. The van der Waals surface area contributed by atoms with Crippen molar-refractivity contribution >= 4 is 23.0 Å². The molecule has 1 aliphatic rings. The van der Waals surface area contributed by atoms with Crippen molar-refractivity contribution in [2.75, 3.05) is 37.9 Å². The van der Waals surface area contributed by atoms with Gasteiger partial charge in [-0.25, -0.2) is 0 Å². The van der Waals surface area contributed by atoms with Crippen LogP contribution in [0.3, 0.4) is 0 Å². The van der Waals surface area contributed by atoms with Gasteiger partial charge in [0.2, 0.25) is 0 Å². The molecule has 1 atom stereocenters. The quantitative estimate of drug-likeness (QED) is 0.369. The van der Waals surface area contributed by atoms with Crippen LogP contribution in [0.1, 0.15) is 40.8 Å². The predicted molar refractivity (Wildman–Crippen MR) is 124 cm³/mol.